The third-order valence-electron chi connectivity index (χ3n) is 4.96. The van der Waals surface area contributed by atoms with Crippen molar-refractivity contribution in [1.29, 1.82) is 0 Å². The zero-order valence-electron chi connectivity index (χ0n) is 13.4. The lowest BCUT2D eigenvalue weighted by molar-refractivity contribution is -0.0794. The first-order valence-corrected chi connectivity index (χ1v) is 7.48. The highest BCUT2D eigenvalue weighted by Crippen LogP contribution is 2.46. The highest BCUT2D eigenvalue weighted by atomic mass is 19.1. The van der Waals surface area contributed by atoms with Crippen LogP contribution in [0.25, 0.3) is 0 Å². The van der Waals surface area contributed by atoms with Gasteiger partial charge in [-0.1, -0.05) is 19.9 Å². The minimum absolute atomic E-state index is 0.238. The third-order valence-corrected chi connectivity index (χ3v) is 4.96. The highest BCUT2D eigenvalue weighted by Gasteiger charge is 2.43. The number of methoxy groups -OCH3 is 2. The zero-order valence-corrected chi connectivity index (χ0v) is 13.4. The second-order valence-electron chi connectivity index (χ2n) is 6.80. The first kappa shape index (κ1) is 16.2. The van der Waals surface area contributed by atoms with E-state index in [0.717, 1.165) is 31.2 Å². The second kappa shape index (κ2) is 5.93. The summed E-state index contributed by atoms with van der Waals surface area (Å²) in [5, 5.41) is 0. The lowest BCUT2D eigenvalue weighted by atomic mass is 9.67. The molecule has 0 radical (unpaired) electrons. The van der Waals surface area contributed by atoms with Crippen LogP contribution < -0.4 is 10.5 Å². The van der Waals surface area contributed by atoms with Crippen molar-refractivity contribution in [3.05, 3.63) is 29.6 Å². The van der Waals surface area contributed by atoms with Crippen LogP contribution in [0.1, 0.15) is 51.1 Å². The standard InChI is InChI=1S/C17H26FNO2/c1-16(2)7-9-17(21-4,10-8-16)15(19)12-5-6-14(20-3)13(18)11-12/h5-6,11,15H,7-10,19H2,1-4H3. The van der Waals surface area contributed by atoms with Gasteiger partial charge in [-0.3, -0.25) is 0 Å². The summed E-state index contributed by atoms with van der Waals surface area (Å²) in [5.74, 6) is -0.143. The molecule has 0 saturated heterocycles. The number of hydrogen-bond donors (Lipinski definition) is 1. The molecule has 1 aromatic carbocycles. The average Bonchev–Trinajstić information content (AvgIpc) is 2.47. The van der Waals surface area contributed by atoms with Crippen molar-refractivity contribution in [2.75, 3.05) is 14.2 Å². The van der Waals surface area contributed by atoms with Crippen LogP contribution in [0.4, 0.5) is 4.39 Å². The summed E-state index contributed by atoms with van der Waals surface area (Å²) in [6, 6.07) is 4.58. The predicted molar refractivity (Wildman–Crippen MR) is 81.9 cm³/mol. The number of rotatable bonds is 4. The molecule has 0 spiro atoms. The van der Waals surface area contributed by atoms with E-state index in [1.54, 1.807) is 13.2 Å². The van der Waals surface area contributed by atoms with Gasteiger partial charge in [-0.25, -0.2) is 4.39 Å². The maximum absolute atomic E-state index is 13.9. The Bertz CT molecular complexity index is 492. The molecular formula is C17H26FNO2. The summed E-state index contributed by atoms with van der Waals surface area (Å²) in [6.45, 7) is 4.54. The Morgan fingerprint density at radius 2 is 1.76 bits per heavy atom. The largest absolute Gasteiger partial charge is 0.494 e. The van der Waals surface area contributed by atoms with Gasteiger partial charge in [0.15, 0.2) is 11.6 Å². The molecule has 0 aliphatic heterocycles. The van der Waals surface area contributed by atoms with Crippen LogP contribution in [0.5, 0.6) is 5.75 Å². The predicted octanol–water partition coefficient (Wildman–Crippen LogP) is 3.82. The highest BCUT2D eigenvalue weighted by molar-refractivity contribution is 5.32. The fourth-order valence-electron chi connectivity index (χ4n) is 3.17. The van der Waals surface area contributed by atoms with Crippen molar-refractivity contribution in [2.45, 2.75) is 51.2 Å². The summed E-state index contributed by atoms with van der Waals surface area (Å²) < 4.78 is 24.7. The number of hydrogen-bond acceptors (Lipinski definition) is 3. The Balaban J connectivity index is 2.24. The quantitative estimate of drug-likeness (QED) is 0.918. The number of halogens is 1. The maximum atomic E-state index is 13.9. The summed E-state index contributed by atoms with van der Waals surface area (Å²) in [4.78, 5) is 0. The van der Waals surface area contributed by atoms with Gasteiger partial charge in [0, 0.05) is 7.11 Å². The Hall–Kier alpha value is -1.13. The van der Waals surface area contributed by atoms with Crippen molar-refractivity contribution in [1.82, 2.24) is 0 Å². The van der Waals surface area contributed by atoms with Gasteiger partial charge in [0.25, 0.3) is 0 Å². The summed E-state index contributed by atoms with van der Waals surface area (Å²) in [7, 11) is 3.16. The molecule has 118 valence electrons. The van der Waals surface area contributed by atoms with E-state index in [1.807, 2.05) is 6.07 Å². The fourth-order valence-corrected chi connectivity index (χ4v) is 3.17. The molecule has 1 atom stereocenters. The Morgan fingerprint density at radius 3 is 2.24 bits per heavy atom. The van der Waals surface area contributed by atoms with Crippen molar-refractivity contribution >= 4 is 0 Å². The molecule has 1 aliphatic rings. The number of nitrogens with two attached hydrogens (primary N) is 1. The maximum Gasteiger partial charge on any atom is 0.165 e. The molecule has 1 aromatic rings. The van der Waals surface area contributed by atoms with Crippen molar-refractivity contribution in [3.8, 4) is 5.75 Å². The lowest BCUT2D eigenvalue weighted by Gasteiger charge is -2.46. The van der Waals surface area contributed by atoms with E-state index in [4.69, 9.17) is 15.2 Å². The number of benzene rings is 1. The van der Waals surface area contributed by atoms with Crippen LogP contribution in [-0.2, 0) is 4.74 Å². The summed E-state index contributed by atoms with van der Waals surface area (Å²) >= 11 is 0. The Labute approximate surface area is 126 Å². The molecule has 0 amide bonds. The molecule has 2 rings (SSSR count). The molecule has 1 fully saturated rings. The minimum Gasteiger partial charge on any atom is -0.494 e. The van der Waals surface area contributed by atoms with Gasteiger partial charge in [-0.2, -0.15) is 0 Å². The van der Waals surface area contributed by atoms with Gasteiger partial charge < -0.3 is 15.2 Å². The van der Waals surface area contributed by atoms with Crippen LogP contribution in [-0.4, -0.2) is 19.8 Å². The monoisotopic (exact) mass is 295 g/mol. The van der Waals surface area contributed by atoms with Crippen LogP contribution in [0.15, 0.2) is 18.2 Å². The first-order valence-electron chi connectivity index (χ1n) is 7.48. The van der Waals surface area contributed by atoms with E-state index in [-0.39, 0.29) is 17.6 Å². The molecule has 0 bridgehead atoms. The fraction of sp³-hybridized carbons (Fsp3) is 0.647. The van der Waals surface area contributed by atoms with Crippen LogP contribution in [0.2, 0.25) is 0 Å². The van der Waals surface area contributed by atoms with E-state index < -0.39 is 5.60 Å². The van der Waals surface area contributed by atoms with Gasteiger partial charge in [0.1, 0.15) is 0 Å². The summed E-state index contributed by atoms with van der Waals surface area (Å²) in [5.41, 5.74) is 7.11. The second-order valence-corrected chi connectivity index (χ2v) is 6.80. The minimum atomic E-state index is -0.406. The molecular weight excluding hydrogens is 269 g/mol. The van der Waals surface area contributed by atoms with Crippen molar-refractivity contribution in [2.24, 2.45) is 11.1 Å². The molecule has 2 N–H and O–H groups in total. The lowest BCUT2D eigenvalue weighted by Crippen LogP contribution is -2.47. The third kappa shape index (κ3) is 3.22. The molecule has 0 heterocycles. The van der Waals surface area contributed by atoms with Crippen molar-refractivity contribution in [3.63, 3.8) is 0 Å². The molecule has 21 heavy (non-hydrogen) atoms. The Kier molecular flexibility index (Phi) is 4.59. The van der Waals surface area contributed by atoms with E-state index >= 15 is 0 Å². The van der Waals surface area contributed by atoms with Gasteiger partial charge in [-0.15, -0.1) is 0 Å². The smallest absolute Gasteiger partial charge is 0.165 e. The molecule has 1 unspecified atom stereocenters. The van der Waals surface area contributed by atoms with Crippen molar-refractivity contribution < 1.29 is 13.9 Å². The zero-order chi connectivity index (χ0) is 15.7. The van der Waals surface area contributed by atoms with Crippen LogP contribution in [0.3, 0.4) is 0 Å². The van der Waals surface area contributed by atoms with Gasteiger partial charge in [0.2, 0.25) is 0 Å². The average molecular weight is 295 g/mol. The molecule has 1 saturated carbocycles. The molecule has 3 nitrogen and oxygen atoms in total. The normalized spacial score (nSPS) is 21.8. The van der Waals surface area contributed by atoms with E-state index in [9.17, 15) is 4.39 Å². The van der Waals surface area contributed by atoms with Gasteiger partial charge in [0.05, 0.1) is 18.8 Å². The van der Waals surface area contributed by atoms with E-state index in [1.165, 1.54) is 13.2 Å². The van der Waals surface area contributed by atoms with Crippen LogP contribution in [0, 0.1) is 11.2 Å². The Morgan fingerprint density at radius 1 is 1.14 bits per heavy atom. The summed E-state index contributed by atoms with van der Waals surface area (Å²) in [6.07, 6.45) is 3.91. The van der Waals surface area contributed by atoms with E-state index in [2.05, 4.69) is 13.8 Å². The topological polar surface area (TPSA) is 44.5 Å². The number of ether oxygens (including phenoxy) is 2. The SMILES string of the molecule is COc1ccc(C(N)C2(OC)CCC(C)(C)CC2)cc1F. The van der Waals surface area contributed by atoms with E-state index in [0.29, 0.717) is 5.41 Å². The first-order chi connectivity index (χ1) is 9.83. The van der Waals surface area contributed by atoms with Gasteiger partial charge in [-0.05, 0) is 48.8 Å². The van der Waals surface area contributed by atoms with Crippen LogP contribution >= 0.6 is 0 Å². The molecule has 0 aromatic heterocycles. The van der Waals surface area contributed by atoms with Gasteiger partial charge >= 0.3 is 0 Å². The molecule has 1 aliphatic carbocycles. The molecule has 4 heteroatoms.